The predicted molar refractivity (Wildman–Crippen MR) is 72.5 cm³/mol. The second kappa shape index (κ2) is 4.85. The number of rotatable bonds is 2. The molecule has 1 heterocycles. The summed E-state index contributed by atoms with van der Waals surface area (Å²) in [5, 5.41) is 4.03. The van der Waals surface area contributed by atoms with Crippen molar-refractivity contribution in [3.63, 3.8) is 0 Å². The summed E-state index contributed by atoms with van der Waals surface area (Å²) in [5.41, 5.74) is 1.41. The summed E-state index contributed by atoms with van der Waals surface area (Å²) in [5.74, 6) is -0.0903. The molecule has 0 unspecified atom stereocenters. The highest BCUT2D eigenvalue weighted by Gasteiger charge is 2.28. The monoisotopic (exact) mass is 266 g/mol. The van der Waals surface area contributed by atoms with Gasteiger partial charge in [0.1, 0.15) is 5.70 Å². The van der Waals surface area contributed by atoms with Crippen LogP contribution in [-0.4, -0.2) is 22.5 Å². The molecule has 1 fully saturated rings. The lowest BCUT2D eigenvalue weighted by molar-refractivity contribution is -0.122. The standard InChI is InChI=1S/C12H11ClN2OS/c1-2-15-11(16)10(14-12(15)17)7-8-3-5-9(13)6-4-8/h3-7H,2H2,1H3,(H,14,17). The average Bonchev–Trinajstić information content (AvgIpc) is 2.57. The van der Waals surface area contributed by atoms with Crippen molar-refractivity contribution in [2.24, 2.45) is 0 Å². The Morgan fingerprint density at radius 3 is 2.59 bits per heavy atom. The maximum Gasteiger partial charge on any atom is 0.276 e. The molecule has 17 heavy (non-hydrogen) atoms. The number of hydrogen-bond acceptors (Lipinski definition) is 2. The number of amides is 1. The first-order valence-electron chi connectivity index (χ1n) is 5.22. The van der Waals surface area contributed by atoms with Crippen molar-refractivity contribution < 1.29 is 4.79 Å². The normalized spacial score (nSPS) is 17.8. The Morgan fingerprint density at radius 1 is 1.41 bits per heavy atom. The van der Waals surface area contributed by atoms with Gasteiger partial charge in [-0.3, -0.25) is 9.69 Å². The van der Waals surface area contributed by atoms with Crippen molar-refractivity contribution in [1.82, 2.24) is 10.2 Å². The smallest absolute Gasteiger partial charge is 0.276 e. The summed E-state index contributed by atoms with van der Waals surface area (Å²) in [7, 11) is 0. The van der Waals surface area contributed by atoms with Gasteiger partial charge in [0.25, 0.3) is 5.91 Å². The Kier molecular flexibility index (Phi) is 3.45. The van der Waals surface area contributed by atoms with Gasteiger partial charge in [0.05, 0.1) is 0 Å². The maximum atomic E-state index is 11.9. The number of thiocarbonyl (C=S) groups is 1. The van der Waals surface area contributed by atoms with Crippen LogP contribution in [0.25, 0.3) is 6.08 Å². The first kappa shape index (κ1) is 12.1. The van der Waals surface area contributed by atoms with Crippen molar-refractivity contribution in [1.29, 1.82) is 0 Å². The molecule has 1 amide bonds. The molecule has 0 atom stereocenters. The Morgan fingerprint density at radius 2 is 2.06 bits per heavy atom. The van der Waals surface area contributed by atoms with Crippen molar-refractivity contribution in [2.75, 3.05) is 6.54 Å². The summed E-state index contributed by atoms with van der Waals surface area (Å²) < 4.78 is 0. The van der Waals surface area contributed by atoms with E-state index in [9.17, 15) is 4.79 Å². The fourth-order valence-electron chi connectivity index (χ4n) is 1.58. The van der Waals surface area contributed by atoms with Crippen LogP contribution in [0.15, 0.2) is 30.0 Å². The number of nitrogens with one attached hydrogen (secondary N) is 1. The van der Waals surface area contributed by atoms with Gasteiger partial charge in [-0.1, -0.05) is 23.7 Å². The molecule has 1 aliphatic heterocycles. The predicted octanol–water partition coefficient (Wildman–Crippen LogP) is 2.42. The fourth-order valence-corrected chi connectivity index (χ4v) is 2.03. The highest BCUT2D eigenvalue weighted by atomic mass is 35.5. The first-order valence-corrected chi connectivity index (χ1v) is 6.00. The van der Waals surface area contributed by atoms with Crippen LogP contribution in [0.5, 0.6) is 0 Å². The van der Waals surface area contributed by atoms with Crippen LogP contribution < -0.4 is 5.32 Å². The number of carbonyl (C=O) groups excluding carboxylic acids is 1. The quantitative estimate of drug-likeness (QED) is 0.659. The van der Waals surface area contributed by atoms with Gasteiger partial charge in [0, 0.05) is 11.6 Å². The van der Waals surface area contributed by atoms with E-state index in [0.29, 0.717) is 22.4 Å². The van der Waals surface area contributed by atoms with E-state index in [1.165, 1.54) is 4.90 Å². The lowest BCUT2D eigenvalue weighted by atomic mass is 10.2. The van der Waals surface area contributed by atoms with E-state index in [0.717, 1.165) is 5.56 Å². The van der Waals surface area contributed by atoms with Crippen molar-refractivity contribution in [2.45, 2.75) is 6.92 Å². The molecule has 1 aromatic carbocycles. The van der Waals surface area contributed by atoms with Crippen LogP contribution in [0.4, 0.5) is 0 Å². The zero-order chi connectivity index (χ0) is 12.4. The highest BCUT2D eigenvalue weighted by molar-refractivity contribution is 7.80. The highest BCUT2D eigenvalue weighted by Crippen LogP contribution is 2.15. The number of halogens is 1. The van der Waals surface area contributed by atoms with Gasteiger partial charge in [0.2, 0.25) is 0 Å². The molecule has 3 nitrogen and oxygen atoms in total. The van der Waals surface area contributed by atoms with Crippen LogP contribution in [0.1, 0.15) is 12.5 Å². The Labute approximate surface area is 110 Å². The van der Waals surface area contributed by atoms with Gasteiger partial charge in [-0.25, -0.2) is 0 Å². The number of likely N-dealkylation sites (N-methyl/N-ethyl adjacent to an activating group) is 1. The second-order valence-corrected chi connectivity index (χ2v) is 4.41. The molecule has 5 heteroatoms. The van der Waals surface area contributed by atoms with Gasteiger partial charge in [-0.2, -0.15) is 0 Å². The summed E-state index contributed by atoms with van der Waals surface area (Å²) in [6.45, 7) is 2.46. The fraction of sp³-hybridized carbons (Fsp3) is 0.167. The van der Waals surface area contributed by atoms with E-state index in [2.05, 4.69) is 5.32 Å². The molecule has 0 radical (unpaired) electrons. The van der Waals surface area contributed by atoms with Crippen molar-refractivity contribution >= 4 is 40.9 Å². The topological polar surface area (TPSA) is 32.3 Å². The number of carbonyl (C=O) groups is 1. The molecule has 1 aromatic rings. The van der Waals surface area contributed by atoms with Crippen LogP contribution >= 0.6 is 23.8 Å². The summed E-state index contributed by atoms with van der Waals surface area (Å²) in [6, 6.07) is 7.26. The van der Waals surface area contributed by atoms with E-state index in [-0.39, 0.29) is 5.91 Å². The molecular formula is C12H11ClN2OS. The van der Waals surface area contributed by atoms with Crippen LogP contribution in [0.3, 0.4) is 0 Å². The molecule has 88 valence electrons. The molecule has 0 aliphatic carbocycles. The second-order valence-electron chi connectivity index (χ2n) is 3.59. The van der Waals surface area contributed by atoms with E-state index in [4.69, 9.17) is 23.8 Å². The lowest BCUT2D eigenvalue weighted by Crippen LogP contribution is -2.30. The Hall–Kier alpha value is -1.39. The molecule has 1 saturated heterocycles. The number of nitrogens with zero attached hydrogens (tertiary/aromatic N) is 1. The SMILES string of the molecule is CCN1C(=O)C(=Cc2ccc(Cl)cc2)NC1=S. The van der Waals surface area contributed by atoms with E-state index < -0.39 is 0 Å². The maximum absolute atomic E-state index is 11.9. The van der Waals surface area contributed by atoms with Gasteiger partial charge in [-0.05, 0) is 42.9 Å². The van der Waals surface area contributed by atoms with Gasteiger partial charge in [0.15, 0.2) is 5.11 Å². The van der Waals surface area contributed by atoms with Crippen LogP contribution in [-0.2, 0) is 4.79 Å². The first-order chi connectivity index (χ1) is 8.11. The van der Waals surface area contributed by atoms with E-state index in [1.54, 1.807) is 18.2 Å². The third-order valence-corrected chi connectivity index (χ3v) is 3.03. The van der Waals surface area contributed by atoms with Gasteiger partial charge < -0.3 is 5.32 Å². The van der Waals surface area contributed by atoms with Crippen LogP contribution in [0.2, 0.25) is 5.02 Å². The molecule has 0 spiro atoms. The minimum atomic E-state index is -0.0903. The molecular weight excluding hydrogens is 256 g/mol. The summed E-state index contributed by atoms with van der Waals surface area (Å²) >= 11 is 10.9. The molecule has 1 N–H and O–H groups in total. The van der Waals surface area contributed by atoms with E-state index in [1.807, 2.05) is 19.1 Å². The minimum Gasteiger partial charge on any atom is -0.328 e. The van der Waals surface area contributed by atoms with Gasteiger partial charge >= 0.3 is 0 Å². The summed E-state index contributed by atoms with van der Waals surface area (Å²) in [4.78, 5) is 13.4. The van der Waals surface area contributed by atoms with Crippen LogP contribution in [0, 0.1) is 0 Å². The Bertz CT molecular complexity index is 496. The zero-order valence-corrected chi connectivity index (χ0v) is 10.8. The molecule has 2 rings (SSSR count). The lowest BCUT2D eigenvalue weighted by Gasteiger charge is -2.08. The van der Waals surface area contributed by atoms with E-state index >= 15 is 0 Å². The Balaban J connectivity index is 2.27. The third-order valence-electron chi connectivity index (χ3n) is 2.46. The van der Waals surface area contributed by atoms with Gasteiger partial charge in [-0.15, -0.1) is 0 Å². The molecule has 0 bridgehead atoms. The number of benzene rings is 1. The largest absolute Gasteiger partial charge is 0.328 e. The van der Waals surface area contributed by atoms with Crippen molar-refractivity contribution in [3.8, 4) is 0 Å². The van der Waals surface area contributed by atoms with Crippen molar-refractivity contribution in [3.05, 3.63) is 40.5 Å². The molecule has 0 saturated carbocycles. The third kappa shape index (κ3) is 2.48. The number of hydrogen-bond donors (Lipinski definition) is 1. The minimum absolute atomic E-state index is 0.0903. The summed E-state index contributed by atoms with van der Waals surface area (Å²) in [6.07, 6.45) is 1.76. The molecule has 1 aliphatic rings. The molecule has 0 aromatic heterocycles. The zero-order valence-electron chi connectivity index (χ0n) is 9.24. The average molecular weight is 267 g/mol.